The van der Waals surface area contributed by atoms with Crippen LogP contribution < -0.4 is 9.80 Å². The second kappa shape index (κ2) is 19.4. The number of anilines is 2. The molecule has 0 unspecified atom stereocenters. The molecule has 0 radical (unpaired) electrons. The third kappa shape index (κ3) is 10.9. The van der Waals surface area contributed by atoms with Crippen molar-refractivity contribution in [2.75, 3.05) is 76.3 Å². The Labute approximate surface area is 333 Å². The van der Waals surface area contributed by atoms with Crippen LogP contribution in [-0.2, 0) is 40.3 Å². The van der Waals surface area contributed by atoms with E-state index in [1.54, 1.807) is 17.9 Å². The van der Waals surface area contributed by atoms with E-state index in [-0.39, 0.29) is 17.7 Å². The van der Waals surface area contributed by atoms with Crippen molar-refractivity contribution < 1.29 is 14.4 Å². The van der Waals surface area contributed by atoms with Crippen LogP contribution in [-0.4, -0.2) is 110 Å². The maximum Gasteiger partial charge on any atom is 0.247 e. The van der Waals surface area contributed by atoms with Crippen LogP contribution in [0.4, 0.5) is 11.4 Å². The first-order valence-electron chi connectivity index (χ1n) is 20.1. The molecule has 0 N–H and O–H groups in total. The molecule has 4 aromatic rings. The van der Waals surface area contributed by atoms with E-state index in [2.05, 4.69) is 94.4 Å². The number of carbonyl (C=O) groups is 3. The molecule has 9 nitrogen and oxygen atoms in total. The lowest BCUT2D eigenvalue weighted by Crippen LogP contribution is -2.56. The summed E-state index contributed by atoms with van der Waals surface area (Å²) in [5, 5.41) is 0. The van der Waals surface area contributed by atoms with Crippen molar-refractivity contribution in [1.29, 1.82) is 0 Å². The predicted octanol–water partition coefficient (Wildman–Crippen LogP) is 6.37. The van der Waals surface area contributed by atoms with Gasteiger partial charge in [-0.25, -0.2) is 0 Å². The number of carbonyl (C=O) groups excluding carboxylic acids is 3. The van der Waals surface area contributed by atoms with E-state index in [0.717, 1.165) is 67.9 Å². The maximum absolute atomic E-state index is 14.8. The Hall–Kier alpha value is -5.41. The highest BCUT2D eigenvalue weighted by Gasteiger charge is 2.34. The molecule has 9 heteroatoms. The fraction of sp³-hybridized carbons (Fsp3) is 0.383. The van der Waals surface area contributed by atoms with Gasteiger partial charge in [0.1, 0.15) is 6.04 Å². The van der Waals surface area contributed by atoms with Gasteiger partial charge in [-0.05, 0) is 64.6 Å². The Morgan fingerprint density at radius 1 is 0.679 bits per heavy atom. The molecule has 2 fully saturated rings. The van der Waals surface area contributed by atoms with E-state index < -0.39 is 6.04 Å². The van der Waals surface area contributed by atoms with Crippen molar-refractivity contribution in [3.05, 3.63) is 137 Å². The predicted molar refractivity (Wildman–Crippen MR) is 227 cm³/mol. The summed E-state index contributed by atoms with van der Waals surface area (Å²) in [6, 6.07) is 34.7. The summed E-state index contributed by atoms with van der Waals surface area (Å²) in [7, 11) is 4.09. The number of hydrogen-bond donors (Lipinski definition) is 0. The highest BCUT2D eigenvalue weighted by atomic mass is 16.2. The topological polar surface area (TPSA) is 70.6 Å². The summed E-state index contributed by atoms with van der Waals surface area (Å²) in [4.78, 5) is 53.5. The average Bonchev–Trinajstić information content (AvgIpc) is 3.22. The van der Waals surface area contributed by atoms with Crippen molar-refractivity contribution >= 4 is 35.2 Å². The number of aryl methyl sites for hydroxylation is 1. The molecular formula is C47H58N6O3. The lowest BCUT2D eigenvalue weighted by molar-refractivity contribution is -0.145. The number of rotatable bonds is 14. The van der Waals surface area contributed by atoms with Gasteiger partial charge in [0.15, 0.2) is 0 Å². The van der Waals surface area contributed by atoms with Gasteiger partial charge in [0.2, 0.25) is 17.7 Å². The molecule has 294 valence electrons. The Balaban J connectivity index is 1.23. The largest absolute Gasteiger partial charge is 0.378 e. The summed E-state index contributed by atoms with van der Waals surface area (Å²) in [6.07, 6.45) is 6.01. The molecule has 6 rings (SSSR count). The average molecular weight is 755 g/mol. The number of hydrogen-bond acceptors (Lipinski definition) is 6. The summed E-state index contributed by atoms with van der Waals surface area (Å²) in [5.41, 5.74) is 7.71. The molecule has 2 saturated heterocycles. The first-order valence-corrected chi connectivity index (χ1v) is 20.1. The molecule has 0 spiro atoms. The van der Waals surface area contributed by atoms with Gasteiger partial charge >= 0.3 is 0 Å². The minimum Gasteiger partial charge on any atom is -0.378 e. The van der Waals surface area contributed by atoms with Crippen molar-refractivity contribution in [2.45, 2.75) is 52.2 Å². The van der Waals surface area contributed by atoms with Crippen molar-refractivity contribution in [2.24, 2.45) is 0 Å². The van der Waals surface area contributed by atoms with Gasteiger partial charge in [-0.15, -0.1) is 0 Å². The summed E-state index contributed by atoms with van der Waals surface area (Å²) in [6.45, 7) is 10.6. The number of benzene rings is 4. The van der Waals surface area contributed by atoms with Gasteiger partial charge < -0.3 is 24.5 Å². The Morgan fingerprint density at radius 3 is 1.89 bits per heavy atom. The van der Waals surface area contributed by atoms with Crippen LogP contribution in [0.15, 0.2) is 109 Å². The Kier molecular flexibility index (Phi) is 14.0. The van der Waals surface area contributed by atoms with E-state index in [4.69, 9.17) is 0 Å². The van der Waals surface area contributed by atoms with Gasteiger partial charge in [-0.3, -0.25) is 19.3 Å². The van der Waals surface area contributed by atoms with Crippen molar-refractivity contribution in [1.82, 2.24) is 19.6 Å². The second-order valence-corrected chi connectivity index (χ2v) is 15.3. The summed E-state index contributed by atoms with van der Waals surface area (Å²) >= 11 is 0. The van der Waals surface area contributed by atoms with Crippen LogP contribution >= 0.6 is 0 Å². The lowest BCUT2D eigenvalue weighted by atomic mass is 10.0. The number of amides is 3. The van der Waals surface area contributed by atoms with Crippen LogP contribution in [0.2, 0.25) is 0 Å². The van der Waals surface area contributed by atoms with Gasteiger partial charge in [0.05, 0.1) is 0 Å². The minimum atomic E-state index is -0.689. The zero-order valence-electron chi connectivity index (χ0n) is 33.6. The highest BCUT2D eigenvalue weighted by molar-refractivity contribution is 5.96. The smallest absolute Gasteiger partial charge is 0.247 e. The van der Waals surface area contributed by atoms with Gasteiger partial charge in [-0.1, -0.05) is 92.2 Å². The molecule has 2 aliphatic rings. The van der Waals surface area contributed by atoms with E-state index in [0.29, 0.717) is 39.1 Å². The lowest BCUT2D eigenvalue weighted by Gasteiger charge is -2.39. The minimum absolute atomic E-state index is 0.0190. The van der Waals surface area contributed by atoms with E-state index in [1.165, 1.54) is 16.8 Å². The van der Waals surface area contributed by atoms with Crippen molar-refractivity contribution in [3.63, 3.8) is 0 Å². The molecule has 3 amide bonds. The normalized spacial score (nSPS) is 15.5. The van der Waals surface area contributed by atoms with Gasteiger partial charge in [0.25, 0.3) is 0 Å². The molecular weight excluding hydrogens is 697 g/mol. The molecule has 4 aromatic carbocycles. The first kappa shape index (κ1) is 40.3. The van der Waals surface area contributed by atoms with Crippen LogP contribution in [0.3, 0.4) is 0 Å². The zero-order valence-corrected chi connectivity index (χ0v) is 33.6. The summed E-state index contributed by atoms with van der Waals surface area (Å²) < 4.78 is 0. The molecule has 56 heavy (non-hydrogen) atoms. The van der Waals surface area contributed by atoms with Gasteiger partial charge in [0, 0.05) is 110 Å². The second-order valence-electron chi connectivity index (χ2n) is 15.3. The van der Waals surface area contributed by atoms with Crippen LogP contribution in [0, 0.1) is 0 Å². The maximum atomic E-state index is 14.8. The third-order valence-corrected chi connectivity index (χ3v) is 11.1. The summed E-state index contributed by atoms with van der Waals surface area (Å²) in [5.74, 6) is -0.101. The third-order valence-electron chi connectivity index (χ3n) is 11.1. The molecule has 2 aliphatic heterocycles. The quantitative estimate of drug-likeness (QED) is 0.140. The SMILES string of the molecule is CCCc1ccc(/C=C/C(=O)N(Cc2ccc(N3CCN(C(C)=O)CC3)cc2)[C@@H](Cc2ccccc2)C(=O)N2CCN(Cc3ccc(N(C)C)cc3)CC2)cc1. The highest BCUT2D eigenvalue weighted by Crippen LogP contribution is 2.23. The molecule has 1 atom stereocenters. The van der Waals surface area contributed by atoms with E-state index >= 15 is 0 Å². The Bertz CT molecular complexity index is 1890. The molecule has 0 saturated carbocycles. The van der Waals surface area contributed by atoms with Crippen LogP contribution in [0.1, 0.15) is 48.1 Å². The first-order chi connectivity index (χ1) is 27.2. The number of nitrogens with zero attached hydrogens (tertiary/aromatic N) is 6. The molecule has 0 aromatic heterocycles. The standard InChI is InChI=1S/C47H58N6O3/c1-5-9-38-12-14-39(15-13-38)20-25-46(55)53(36-42-18-23-44(24-19-42)51-32-30-50(31-33-51)37(2)54)45(34-40-10-7-6-8-11-40)47(56)52-28-26-49(27-29-52)35-41-16-21-43(22-17-41)48(3)4/h6-8,10-25,45H,5,9,26-36H2,1-4H3/b25-20+/t45-/m0/s1. The van der Waals surface area contributed by atoms with E-state index in [1.807, 2.05) is 60.3 Å². The Morgan fingerprint density at radius 2 is 1.29 bits per heavy atom. The van der Waals surface area contributed by atoms with Gasteiger partial charge in [-0.2, -0.15) is 0 Å². The number of piperazine rings is 2. The van der Waals surface area contributed by atoms with Crippen molar-refractivity contribution in [3.8, 4) is 0 Å². The molecule has 0 aliphatic carbocycles. The fourth-order valence-electron chi connectivity index (χ4n) is 7.64. The van der Waals surface area contributed by atoms with Crippen LogP contribution in [0.25, 0.3) is 6.08 Å². The monoisotopic (exact) mass is 754 g/mol. The van der Waals surface area contributed by atoms with Crippen LogP contribution in [0.5, 0.6) is 0 Å². The molecule has 0 bridgehead atoms. The fourth-order valence-corrected chi connectivity index (χ4v) is 7.64. The zero-order chi connectivity index (χ0) is 39.4. The molecule has 2 heterocycles. The van der Waals surface area contributed by atoms with E-state index in [9.17, 15) is 14.4 Å².